The van der Waals surface area contributed by atoms with Gasteiger partial charge in [-0.25, -0.2) is 0 Å². The van der Waals surface area contributed by atoms with Crippen LogP contribution in [-0.2, 0) is 4.79 Å². The lowest BCUT2D eigenvalue weighted by Crippen LogP contribution is -2.30. The van der Waals surface area contributed by atoms with Crippen molar-refractivity contribution in [3.05, 3.63) is 71.4 Å². The molecule has 0 spiro atoms. The highest BCUT2D eigenvalue weighted by atomic mass is 35.5. The summed E-state index contributed by atoms with van der Waals surface area (Å²) in [5.74, 6) is 0.290. The van der Waals surface area contributed by atoms with E-state index in [0.717, 1.165) is 38.5 Å². The molecule has 3 aromatic carbocycles. The maximum absolute atomic E-state index is 13.5. The monoisotopic (exact) mass is 432 g/mol. The van der Waals surface area contributed by atoms with Gasteiger partial charge in [0.25, 0.3) is 5.91 Å². The molecule has 2 heterocycles. The highest BCUT2D eigenvalue weighted by molar-refractivity contribution is 6.19. The predicted octanol–water partition coefficient (Wildman–Crippen LogP) is 5.54. The smallest absolute Gasteiger partial charge is 0.308 e. The Labute approximate surface area is 184 Å². The third-order valence-electron chi connectivity index (χ3n) is 5.82. The van der Waals surface area contributed by atoms with Gasteiger partial charge in [0, 0.05) is 47.6 Å². The van der Waals surface area contributed by atoms with Crippen LogP contribution in [0.25, 0.3) is 21.7 Å². The normalized spacial score (nSPS) is 15.5. The molecular weight excluding hydrogens is 412 g/mol. The number of carbonyl (C=O) groups is 2. The number of esters is 1. The first-order valence-corrected chi connectivity index (χ1v) is 10.7. The number of nitrogens with zero attached hydrogens (tertiary/aromatic N) is 1. The van der Waals surface area contributed by atoms with E-state index in [4.69, 9.17) is 16.3 Å². The lowest BCUT2D eigenvalue weighted by Gasteiger charge is -2.18. The van der Waals surface area contributed by atoms with Gasteiger partial charge in [-0.15, -0.1) is 11.6 Å². The molecule has 1 aliphatic rings. The van der Waals surface area contributed by atoms with Gasteiger partial charge in [0.05, 0.1) is 5.69 Å². The second kappa shape index (κ2) is 7.43. The fourth-order valence-electron chi connectivity index (χ4n) is 4.48. The Hall–Kier alpha value is -3.31. The molecule has 0 aliphatic carbocycles. The zero-order valence-corrected chi connectivity index (χ0v) is 18.0. The molecule has 1 aliphatic heterocycles. The summed E-state index contributed by atoms with van der Waals surface area (Å²) >= 11 is 6.33. The Balaban J connectivity index is 1.66. The zero-order chi connectivity index (χ0) is 21.7. The van der Waals surface area contributed by atoms with E-state index in [1.54, 1.807) is 11.0 Å². The number of rotatable bonds is 3. The van der Waals surface area contributed by atoms with Crippen molar-refractivity contribution in [2.45, 2.75) is 19.8 Å². The number of benzene rings is 3. The van der Waals surface area contributed by atoms with Gasteiger partial charge in [-0.1, -0.05) is 35.9 Å². The van der Waals surface area contributed by atoms with Crippen LogP contribution in [0.3, 0.4) is 0 Å². The number of aryl methyl sites for hydroxylation is 1. The van der Waals surface area contributed by atoms with Gasteiger partial charge in [-0.2, -0.15) is 0 Å². The van der Waals surface area contributed by atoms with E-state index in [9.17, 15) is 9.59 Å². The Morgan fingerprint density at radius 1 is 1.13 bits per heavy atom. The standard InChI is InChI=1S/C25H21ClN2O3/c1-14-7-8-20-16(9-14)10-21(27-20)25(30)28-13-17(12-26)24-19-6-4-3-5-18(19)23(11-22(24)28)31-15(2)29/h3-11,17,27H,12-13H2,1-2H3. The van der Waals surface area contributed by atoms with Gasteiger partial charge in [-0.05, 0) is 36.1 Å². The minimum Gasteiger partial charge on any atom is -0.426 e. The molecule has 0 fully saturated rings. The van der Waals surface area contributed by atoms with Gasteiger partial charge >= 0.3 is 5.97 Å². The van der Waals surface area contributed by atoms with Crippen molar-refractivity contribution in [2.24, 2.45) is 0 Å². The molecule has 156 valence electrons. The van der Waals surface area contributed by atoms with Crippen molar-refractivity contribution in [2.75, 3.05) is 17.3 Å². The van der Waals surface area contributed by atoms with E-state index < -0.39 is 5.97 Å². The molecule has 0 saturated carbocycles. The average Bonchev–Trinajstić information content (AvgIpc) is 3.34. The number of anilines is 1. The van der Waals surface area contributed by atoms with Crippen LogP contribution < -0.4 is 9.64 Å². The van der Waals surface area contributed by atoms with Gasteiger partial charge in [-0.3, -0.25) is 9.59 Å². The quantitative estimate of drug-likeness (QED) is 0.263. The summed E-state index contributed by atoms with van der Waals surface area (Å²) in [4.78, 5) is 30.2. The first-order valence-electron chi connectivity index (χ1n) is 10.2. The van der Waals surface area contributed by atoms with Crippen LogP contribution in [0.4, 0.5) is 5.69 Å². The summed E-state index contributed by atoms with van der Waals surface area (Å²) in [6.07, 6.45) is 0. The molecule has 5 rings (SSSR count). The Morgan fingerprint density at radius 2 is 1.90 bits per heavy atom. The van der Waals surface area contributed by atoms with Crippen LogP contribution in [0.5, 0.6) is 5.75 Å². The van der Waals surface area contributed by atoms with Crippen LogP contribution in [0.15, 0.2) is 54.6 Å². The van der Waals surface area contributed by atoms with E-state index in [1.807, 2.05) is 49.4 Å². The SMILES string of the molecule is CC(=O)Oc1cc2c(c3ccccc13)C(CCl)CN2C(=O)c1cc2cc(C)ccc2[nH]1. The minimum absolute atomic E-state index is 0.0106. The number of fused-ring (bicyclic) bond motifs is 4. The van der Waals surface area contributed by atoms with Crippen molar-refractivity contribution < 1.29 is 14.3 Å². The second-order valence-electron chi connectivity index (χ2n) is 7.99. The molecule has 6 heteroatoms. The molecule has 1 aromatic heterocycles. The summed E-state index contributed by atoms with van der Waals surface area (Å²) in [6, 6.07) is 17.5. The Bertz CT molecular complexity index is 1360. The second-order valence-corrected chi connectivity index (χ2v) is 8.30. The minimum atomic E-state index is -0.402. The largest absolute Gasteiger partial charge is 0.426 e. The molecule has 31 heavy (non-hydrogen) atoms. The van der Waals surface area contributed by atoms with Crippen LogP contribution in [0, 0.1) is 6.92 Å². The first-order chi connectivity index (χ1) is 15.0. The van der Waals surface area contributed by atoms with Gasteiger partial charge in [0.1, 0.15) is 11.4 Å². The number of nitrogens with one attached hydrogen (secondary N) is 1. The highest BCUT2D eigenvalue weighted by Crippen LogP contribution is 2.46. The van der Waals surface area contributed by atoms with E-state index in [0.29, 0.717) is 23.9 Å². The van der Waals surface area contributed by atoms with Crippen molar-refractivity contribution in [3.8, 4) is 5.75 Å². The number of H-pyrrole nitrogens is 1. The highest BCUT2D eigenvalue weighted by Gasteiger charge is 2.35. The summed E-state index contributed by atoms with van der Waals surface area (Å²) in [7, 11) is 0. The summed E-state index contributed by atoms with van der Waals surface area (Å²) in [5, 5.41) is 2.78. The molecule has 1 amide bonds. The van der Waals surface area contributed by atoms with Crippen molar-refractivity contribution in [3.63, 3.8) is 0 Å². The third-order valence-corrected chi connectivity index (χ3v) is 6.19. The van der Waals surface area contributed by atoms with Gasteiger partial charge in [0.15, 0.2) is 0 Å². The lowest BCUT2D eigenvalue weighted by molar-refractivity contribution is -0.131. The van der Waals surface area contributed by atoms with Gasteiger partial charge < -0.3 is 14.6 Å². The number of amides is 1. The Kier molecular flexibility index (Phi) is 4.71. The van der Waals surface area contributed by atoms with Crippen molar-refractivity contribution in [1.82, 2.24) is 4.98 Å². The average molecular weight is 433 g/mol. The third kappa shape index (κ3) is 3.26. The molecule has 1 atom stereocenters. The number of hydrogen-bond acceptors (Lipinski definition) is 3. The number of aromatic amines is 1. The molecule has 0 bridgehead atoms. The molecule has 1 unspecified atom stereocenters. The molecular formula is C25H21ClN2O3. The van der Waals surface area contributed by atoms with Crippen LogP contribution >= 0.6 is 11.6 Å². The molecule has 0 saturated heterocycles. The molecule has 0 radical (unpaired) electrons. The van der Waals surface area contributed by atoms with Crippen LogP contribution in [-0.4, -0.2) is 29.3 Å². The number of carbonyl (C=O) groups excluding carboxylic acids is 2. The summed E-state index contributed by atoms with van der Waals surface area (Å²) < 4.78 is 5.50. The summed E-state index contributed by atoms with van der Waals surface area (Å²) in [6.45, 7) is 3.87. The first kappa shape index (κ1) is 19.6. The van der Waals surface area contributed by atoms with E-state index in [1.165, 1.54) is 6.92 Å². The fourth-order valence-corrected chi connectivity index (χ4v) is 4.74. The number of alkyl halides is 1. The molecule has 4 aromatic rings. The van der Waals surface area contributed by atoms with Crippen molar-refractivity contribution in [1.29, 1.82) is 0 Å². The maximum atomic E-state index is 13.5. The van der Waals surface area contributed by atoms with Crippen molar-refractivity contribution >= 4 is 50.8 Å². The number of ether oxygens (including phenoxy) is 1. The van der Waals surface area contributed by atoms with Gasteiger partial charge in [0.2, 0.25) is 0 Å². The van der Waals surface area contributed by atoms with E-state index in [2.05, 4.69) is 11.1 Å². The molecule has 1 N–H and O–H groups in total. The number of aromatic nitrogens is 1. The Morgan fingerprint density at radius 3 is 2.65 bits per heavy atom. The van der Waals surface area contributed by atoms with Crippen LogP contribution in [0.1, 0.15) is 34.5 Å². The number of hydrogen-bond donors (Lipinski definition) is 1. The van der Waals surface area contributed by atoms with E-state index in [-0.39, 0.29) is 11.8 Å². The number of halogens is 1. The van der Waals surface area contributed by atoms with Crippen LogP contribution in [0.2, 0.25) is 0 Å². The maximum Gasteiger partial charge on any atom is 0.308 e. The predicted molar refractivity (Wildman–Crippen MR) is 123 cm³/mol. The summed E-state index contributed by atoms with van der Waals surface area (Å²) in [5.41, 5.74) is 4.32. The zero-order valence-electron chi connectivity index (χ0n) is 17.2. The molecule has 5 nitrogen and oxygen atoms in total. The fraction of sp³-hybridized carbons (Fsp3) is 0.200. The topological polar surface area (TPSA) is 62.4 Å². The van der Waals surface area contributed by atoms with E-state index >= 15 is 0 Å². The lowest BCUT2D eigenvalue weighted by atomic mass is 9.95.